The fourth-order valence-electron chi connectivity index (χ4n) is 1.73. The predicted octanol–water partition coefficient (Wildman–Crippen LogP) is 2.81. The molecule has 0 aliphatic heterocycles. The number of hydrogen-bond donors (Lipinski definition) is 3. The van der Waals surface area contributed by atoms with Crippen LogP contribution < -0.4 is 10.6 Å². The van der Waals surface area contributed by atoms with Gasteiger partial charge in [0.05, 0.1) is 6.04 Å². The quantitative estimate of drug-likeness (QED) is 0.782. The van der Waals surface area contributed by atoms with E-state index in [2.05, 4.69) is 10.6 Å². The standard InChI is InChI=1S/C14H19ClN2O3/c1-8(2)12(13(18)19)17-14(20)16-9(3)10-4-6-11(15)7-5-10/h4-9,12H,1-3H3,(H,18,19)(H2,16,17,20)/t9?,12-/m1/s1. The smallest absolute Gasteiger partial charge is 0.326 e. The van der Waals surface area contributed by atoms with Crippen LogP contribution in [0.5, 0.6) is 0 Å². The Balaban J connectivity index is 2.61. The van der Waals surface area contributed by atoms with Gasteiger partial charge in [-0.05, 0) is 30.5 Å². The number of carbonyl (C=O) groups excluding carboxylic acids is 1. The molecule has 0 radical (unpaired) electrons. The molecule has 0 heterocycles. The summed E-state index contributed by atoms with van der Waals surface area (Å²) in [4.78, 5) is 22.8. The van der Waals surface area contributed by atoms with Gasteiger partial charge in [0, 0.05) is 5.02 Å². The molecule has 0 saturated heterocycles. The summed E-state index contributed by atoms with van der Waals surface area (Å²) in [7, 11) is 0. The van der Waals surface area contributed by atoms with Crippen molar-refractivity contribution < 1.29 is 14.7 Å². The molecule has 0 bridgehead atoms. The van der Waals surface area contributed by atoms with Crippen molar-refractivity contribution in [1.82, 2.24) is 10.6 Å². The zero-order valence-corrected chi connectivity index (χ0v) is 12.4. The van der Waals surface area contributed by atoms with Crippen molar-refractivity contribution in [2.24, 2.45) is 5.92 Å². The minimum absolute atomic E-state index is 0.191. The second kappa shape index (κ2) is 7.14. The van der Waals surface area contributed by atoms with Crippen molar-refractivity contribution in [3.8, 4) is 0 Å². The Morgan fingerprint density at radius 1 is 1.10 bits per heavy atom. The Kier molecular flexibility index (Phi) is 5.82. The molecule has 2 atom stereocenters. The summed E-state index contributed by atoms with van der Waals surface area (Å²) >= 11 is 5.80. The first kappa shape index (κ1) is 16.3. The number of amides is 2. The first-order chi connectivity index (χ1) is 9.31. The fourth-order valence-corrected chi connectivity index (χ4v) is 1.85. The molecule has 0 spiro atoms. The van der Waals surface area contributed by atoms with Gasteiger partial charge < -0.3 is 15.7 Å². The molecule has 0 saturated carbocycles. The Hall–Kier alpha value is -1.75. The molecule has 0 fully saturated rings. The van der Waals surface area contributed by atoms with Crippen LogP contribution in [-0.2, 0) is 4.79 Å². The lowest BCUT2D eigenvalue weighted by molar-refractivity contribution is -0.140. The number of urea groups is 1. The monoisotopic (exact) mass is 298 g/mol. The van der Waals surface area contributed by atoms with Crippen molar-refractivity contribution in [2.75, 3.05) is 0 Å². The average Bonchev–Trinajstić information content (AvgIpc) is 2.35. The summed E-state index contributed by atoms with van der Waals surface area (Å²) in [6, 6.07) is 5.44. The minimum atomic E-state index is -1.05. The highest BCUT2D eigenvalue weighted by molar-refractivity contribution is 6.30. The van der Waals surface area contributed by atoms with Crippen molar-refractivity contribution in [3.05, 3.63) is 34.9 Å². The van der Waals surface area contributed by atoms with Gasteiger partial charge >= 0.3 is 12.0 Å². The van der Waals surface area contributed by atoms with Crippen LogP contribution in [0.2, 0.25) is 5.02 Å². The van der Waals surface area contributed by atoms with Gasteiger partial charge in [-0.25, -0.2) is 9.59 Å². The normalized spacial score (nSPS) is 13.7. The third kappa shape index (κ3) is 4.74. The second-order valence-corrected chi connectivity index (χ2v) is 5.39. The predicted molar refractivity (Wildman–Crippen MR) is 77.8 cm³/mol. The summed E-state index contributed by atoms with van der Waals surface area (Å²) in [5.41, 5.74) is 0.890. The number of rotatable bonds is 5. The van der Waals surface area contributed by atoms with Crippen LogP contribution in [0.15, 0.2) is 24.3 Å². The van der Waals surface area contributed by atoms with Gasteiger partial charge in [-0.15, -0.1) is 0 Å². The zero-order chi connectivity index (χ0) is 15.3. The molecule has 5 nitrogen and oxygen atoms in total. The number of hydrogen-bond acceptors (Lipinski definition) is 2. The number of aliphatic carboxylic acids is 1. The molecule has 0 aromatic heterocycles. The van der Waals surface area contributed by atoms with Crippen LogP contribution in [0.3, 0.4) is 0 Å². The van der Waals surface area contributed by atoms with Crippen molar-refractivity contribution in [1.29, 1.82) is 0 Å². The van der Waals surface area contributed by atoms with Crippen LogP contribution in [0, 0.1) is 5.92 Å². The van der Waals surface area contributed by atoms with Gasteiger partial charge in [0.25, 0.3) is 0 Å². The SMILES string of the molecule is CC(NC(=O)N[C@@H](C(=O)O)C(C)C)c1ccc(Cl)cc1. The summed E-state index contributed by atoms with van der Waals surface area (Å²) < 4.78 is 0. The number of carboxylic acid groups (broad SMARTS) is 1. The first-order valence-corrected chi connectivity index (χ1v) is 6.74. The van der Waals surface area contributed by atoms with Crippen molar-refractivity contribution in [3.63, 3.8) is 0 Å². The number of carboxylic acids is 1. The van der Waals surface area contributed by atoms with E-state index in [4.69, 9.17) is 16.7 Å². The maximum Gasteiger partial charge on any atom is 0.326 e. The Morgan fingerprint density at radius 3 is 2.10 bits per heavy atom. The molecule has 6 heteroatoms. The molecule has 1 aromatic carbocycles. The third-order valence-corrected chi connectivity index (χ3v) is 3.19. The lowest BCUT2D eigenvalue weighted by Crippen LogP contribution is -2.49. The maximum absolute atomic E-state index is 11.8. The van der Waals surface area contributed by atoms with Gasteiger partial charge in [-0.3, -0.25) is 0 Å². The number of halogens is 1. The number of benzene rings is 1. The highest BCUT2D eigenvalue weighted by Crippen LogP contribution is 2.15. The van der Waals surface area contributed by atoms with E-state index >= 15 is 0 Å². The zero-order valence-electron chi connectivity index (χ0n) is 11.7. The summed E-state index contributed by atoms with van der Waals surface area (Å²) in [6.07, 6.45) is 0. The second-order valence-electron chi connectivity index (χ2n) is 4.95. The van der Waals surface area contributed by atoms with E-state index in [1.54, 1.807) is 26.0 Å². The molecule has 0 aliphatic carbocycles. The number of carbonyl (C=O) groups is 2. The van der Waals surface area contributed by atoms with Gasteiger partial charge in [0.15, 0.2) is 0 Å². The molecular weight excluding hydrogens is 280 g/mol. The van der Waals surface area contributed by atoms with Gasteiger partial charge in [0.2, 0.25) is 0 Å². The van der Waals surface area contributed by atoms with E-state index < -0.39 is 18.0 Å². The fraction of sp³-hybridized carbons (Fsp3) is 0.429. The summed E-state index contributed by atoms with van der Waals surface area (Å²) in [6.45, 7) is 5.29. The van der Waals surface area contributed by atoms with Gasteiger partial charge in [-0.2, -0.15) is 0 Å². The van der Waals surface area contributed by atoms with Crippen molar-refractivity contribution >= 4 is 23.6 Å². The average molecular weight is 299 g/mol. The van der Waals surface area contributed by atoms with Crippen LogP contribution in [-0.4, -0.2) is 23.1 Å². The lowest BCUT2D eigenvalue weighted by Gasteiger charge is -2.20. The van der Waals surface area contributed by atoms with Crippen molar-refractivity contribution in [2.45, 2.75) is 32.9 Å². The highest BCUT2D eigenvalue weighted by atomic mass is 35.5. The van der Waals surface area contributed by atoms with E-state index in [0.717, 1.165) is 5.56 Å². The van der Waals surface area contributed by atoms with Gasteiger partial charge in [-0.1, -0.05) is 37.6 Å². The number of nitrogens with one attached hydrogen (secondary N) is 2. The maximum atomic E-state index is 11.8. The summed E-state index contributed by atoms with van der Waals surface area (Å²) in [5.74, 6) is -1.24. The van der Waals surface area contributed by atoms with Gasteiger partial charge in [0.1, 0.15) is 6.04 Å². The van der Waals surface area contributed by atoms with E-state index in [-0.39, 0.29) is 12.0 Å². The van der Waals surface area contributed by atoms with Crippen LogP contribution in [0.25, 0.3) is 0 Å². The highest BCUT2D eigenvalue weighted by Gasteiger charge is 2.23. The molecule has 110 valence electrons. The Morgan fingerprint density at radius 2 is 1.65 bits per heavy atom. The molecule has 1 rings (SSSR count). The largest absolute Gasteiger partial charge is 0.480 e. The molecule has 2 amide bonds. The molecular formula is C14H19ClN2O3. The molecule has 1 aromatic rings. The molecule has 3 N–H and O–H groups in total. The Labute approximate surface area is 123 Å². The van der Waals surface area contributed by atoms with Crippen LogP contribution in [0.4, 0.5) is 4.79 Å². The van der Waals surface area contributed by atoms with E-state index in [0.29, 0.717) is 5.02 Å². The van der Waals surface area contributed by atoms with Crippen LogP contribution in [0.1, 0.15) is 32.4 Å². The topological polar surface area (TPSA) is 78.4 Å². The Bertz CT molecular complexity index is 474. The van der Waals surface area contributed by atoms with E-state index in [1.165, 1.54) is 0 Å². The third-order valence-electron chi connectivity index (χ3n) is 2.94. The lowest BCUT2D eigenvalue weighted by atomic mass is 10.1. The van der Waals surface area contributed by atoms with Crippen LogP contribution >= 0.6 is 11.6 Å². The first-order valence-electron chi connectivity index (χ1n) is 6.36. The molecule has 0 aliphatic rings. The molecule has 1 unspecified atom stereocenters. The van der Waals surface area contributed by atoms with E-state index in [9.17, 15) is 9.59 Å². The summed E-state index contributed by atoms with van der Waals surface area (Å²) in [5, 5.41) is 14.8. The van der Waals surface area contributed by atoms with E-state index in [1.807, 2.05) is 19.1 Å². The molecule has 20 heavy (non-hydrogen) atoms. The minimum Gasteiger partial charge on any atom is -0.480 e.